The van der Waals surface area contributed by atoms with Gasteiger partial charge >= 0.3 is 0 Å². The highest BCUT2D eigenvalue weighted by Crippen LogP contribution is 2.23. The molecule has 0 spiro atoms. The summed E-state index contributed by atoms with van der Waals surface area (Å²) < 4.78 is 1.73. The van der Waals surface area contributed by atoms with Gasteiger partial charge in [-0.25, -0.2) is 9.67 Å². The van der Waals surface area contributed by atoms with Crippen LogP contribution in [0, 0.1) is 20.8 Å². The van der Waals surface area contributed by atoms with Crippen LogP contribution in [0.5, 0.6) is 0 Å². The van der Waals surface area contributed by atoms with Gasteiger partial charge in [0, 0.05) is 16.8 Å². The van der Waals surface area contributed by atoms with Crippen LogP contribution < -0.4 is 10.9 Å². The SMILES string of the molecule is CCc1nn(-c2ccccc2)c(NC(=O)Cc2c(C)nc(C)[nH]c2=O)c1C. The molecule has 0 saturated heterocycles. The fourth-order valence-electron chi connectivity index (χ4n) is 3.08. The maximum atomic E-state index is 12.7. The average Bonchev–Trinajstić information content (AvgIpc) is 2.95. The van der Waals surface area contributed by atoms with E-state index < -0.39 is 0 Å². The van der Waals surface area contributed by atoms with Crippen molar-refractivity contribution in [1.82, 2.24) is 19.7 Å². The first-order valence-corrected chi connectivity index (χ1v) is 8.90. The Hall–Kier alpha value is -3.22. The van der Waals surface area contributed by atoms with Crippen molar-refractivity contribution in [1.29, 1.82) is 0 Å². The second kappa shape index (κ2) is 7.57. The number of H-pyrrole nitrogens is 1. The molecule has 0 bridgehead atoms. The smallest absolute Gasteiger partial charge is 0.254 e. The van der Waals surface area contributed by atoms with Crippen molar-refractivity contribution >= 4 is 11.7 Å². The standard InChI is InChI=1S/C20H23N5O2/c1-5-17-12(2)19(25(24-17)15-9-7-6-8-10-15)23-18(26)11-16-13(3)21-14(4)22-20(16)27/h6-10H,5,11H2,1-4H3,(H,23,26)(H,21,22,27). The zero-order valence-corrected chi connectivity index (χ0v) is 16.0. The van der Waals surface area contributed by atoms with E-state index >= 15 is 0 Å². The number of para-hydroxylation sites is 1. The summed E-state index contributed by atoms with van der Waals surface area (Å²) in [4.78, 5) is 31.7. The van der Waals surface area contributed by atoms with Crippen LogP contribution in [0.2, 0.25) is 0 Å². The molecule has 1 aromatic carbocycles. The Morgan fingerprint density at radius 3 is 2.52 bits per heavy atom. The number of amides is 1. The van der Waals surface area contributed by atoms with Gasteiger partial charge in [-0.15, -0.1) is 0 Å². The number of hydrogen-bond acceptors (Lipinski definition) is 4. The van der Waals surface area contributed by atoms with E-state index in [1.165, 1.54) is 0 Å². The van der Waals surface area contributed by atoms with E-state index in [2.05, 4.69) is 20.4 Å². The molecule has 3 aromatic rings. The van der Waals surface area contributed by atoms with E-state index in [0.717, 1.165) is 23.4 Å². The van der Waals surface area contributed by atoms with Crippen LogP contribution in [-0.4, -0.2) is 25.7 Å². The minimum atomic E-state index is -0.280. The molecular weight excluding hydrogens is 342 g/mol. The predicted octanol–water partition coefficient (Wildman–Crippen LogP) is 2.62. The maximum Gasteiger partial charge on any atom is 0.254 e. The van der Waals surface area contributed by atoms with Crippen LogP contribution >= 0.6 is 0 Å². The molecule has 1 amide bonds. The lowest BCUT2D eigenvalue weighted by molar-refractivity contribution is -0.115. The third kappa shape index (κ3) is 3.81. The van der Waals surface area contributed by atoms with Crippen LogP contribution in [0.3, 0.4) is 0 Å². The zero-order chi connectivity index (χ0) is 19.6. The molecule has 0 aliphatic heterocycles. The highest BCUT2D eigenvalue weighted by molar-refractivity contribution is 5.92. The fourth-order valence-corrected chi connectivity index (χ4v) is 3.08. The van der Waals surface area contributed by atoms with Crippen molar-refractivity contribution in [3.63, 3.8) is 0 Å². The maximum absolute atomic E-state index is 12.7. The lowest BCUT2D eigenvalue weighted by Crippen LogP contribution is -2.25. The molecular formula is C20H23N5O2. The van der Waals surface area contributed by atoms with E-state index in [1.807, 2.05) is 44.2 Å². The average molecular weight is 365 g/mol. The number of aromatic nitrogens is 4. The van der Waals surface area contributed by atoms with Gasteiger partial charge in [-0.1, -0.05) is 25.1 Å². The molecule has 0 atom stereocenters. The Morgan fingerprint density at radius 1 is 1.19 bits per heavy atom. The first kappa shape index (κ1) is 18.6. The molecule has 0 fully saturated rings. The van der Waals surface area contributed by atoms with Crippen LogP contribution in [-0.2, 0) is 17.6 Å². The molecule has 0 aliphatic rings. The van der Waals surface area contributed by atoms with Gasteiger partial charge in [-0.05, 0) is 39.3 Å². The number of nitrogens with zero attached hydrogens (tertiary/aromatic N) is 3. The van der Waals surface area contributed by atoms with Crippen molar-refractivity contribution in [2.24, 2.45) is 0 Å². The largest absolute Gasteiger partial charge is 0.311 e. The van der Waals surface area contributed by atoms with Gasteiger partial charge < -0.3 is 10.3 Å². The predicted molar refractivity (Wildman–Crippen MR) is 104 cm³/mol. The van der Waals surface area contributed by atoms with Gasteiger partial charge in [-0.3, -0.25) is 9.59 Å². The lowest BCUT2D eigenvalue weighted by atomic mass is 10.1. The summed E-state index contributed by atoms with van der Waals surface area (Å²) >= 11 is 0. The van der Waals surface area contributed by atoms with Crippen LogP contribution in [0.1, 0.15) is 35.3 Å². The van der Waals surface area contributed by atoms with Crippen molar-refractivity contribution < 1.29 is 4.79 Å². The van der Waals surface area contributed by atoms with E-state index in [1.54, 1.807) is 18.5 Å². The van der Waals surface area contributed by atoms with Crippen molar-refractivity contribution in [2.75, 3.05) is 5.32 Å². The molecule has 2 heterocycles. The third-order valence-electron chi connectivity index (χ3n) is 4.49. The molecule has 7 heteroatoms. The second-order valence-corrected chi connectivity index (χ2v) is 6.46. The van der Waals surface area contributed by atoms with E-state index in [0.29, 0.717) is 22.9 Å². The van der Waals surface area contributed by atoms with E-state index in [9.17, 15) is 9.59 Å². The van der Waals surface area contributed by atoms with Gasteiger partial charge in [0.1, 0.15) is 11.6 Å². The topological polar surface area (TPSA) is 92.7 Å². The van der Waals surface area contributed by atoms with Crippen LogP contribution in [0.15, 0.2) is 35.1 Å². The summed E-state index contributed by atoms with van der Waals surface area (Å²) in [7, 11) is 0. The molecule has 0 radical (unpaired) electrons. The van der Waals surface area contributed by atoms with Gasteiger partial charge in [0.15, 0.2) is 0 Å². The number of nitrogens with one attached hydrogen (secondary N) is 2. The summed E-state index contributed by atoms with van der Waals surface area (Å²) in [5, 5.41) is 7.56. The Balaban J connectivity index is 1.93. The molecule has 140 valence electrons. The monoisotopic (exact) mass is 365 g/mol. The minimum Gasteiger partial charge on any atom is -0.311 e. The second-order valence-electron chi connectivity index (χ2n) is 6.46. The molecule has 2 N–H and O–H groups in total. The third-order valence-corrected chi connectivity index (χ3v) is 4.49. The molecule has 27 heavy (non-hydrogen) atoms. The molecule has 0 saturated carbocycles. The van der Waals surface area contributed by atoms with Crippen LogP contribution in [0.25, 0.3) is 5.69 Å². The van der Waals surface area contributed by atoms with E-state index in [4.69, 9.17) is 0 Å². The number of aryl methyl sites for hydroxylation is 3. The molecule has 3 rings (SSSR count). The first-order chi connectivity index (χ1) is 12.9. The van der Waals surface area contributed by atoms with Crippen molar-refractivity contribution in [3.05, 3.63) is 69.0 Å². The summed E-state index contributed by atoms with van der Waals surface area (Å²) in [5.41, 5.74) is 3.35. The summed E-state index contributed by atoms with van der Waals surface area (Å²) in [6, 6.07) is 9.63. The highest BCUT2D eigenvalue weighted by atomic mass is 16.2. The number of carbonyl (C=O) groups is 1. The van der Waals surface area contributed by atoms with Crippen molar-refractivity contribution in [2.45, 2.75) is 40.5 Å². The molecule has 2 aromatic heterocycles. The normalized spacial score (nSPS) is 10.8. The van der Waals surface area contributed by atoms with Gasteiger partial charge in [0.2, 0.25) is 5.91 Å². The zero-order valence-electron chi connectivity index (χ0n) is 16.0. The quantitative estimate of drug-likeness (QED) is 0.727. The highest BCUT2D eigenvalue weighted by Gasteiger charge is 2.18. The number of hydrogen-bond donors (Lipinski definition) is 2. The Morgan fingerprint density at radius 2 is 1.89 bits per heavy atom. The number of rotatable bonds is 5. The summed E-state index contributed by atoms with van der Waals surface area (Å²) in [6.45, 7) is 7.41. The number of carbonyl (C=O) groups excluding carboxylic acids is 1. The first-order valence-electron chi connectivity index (χ1n) is 8.90. The minimum absolute atomic E-state index is 0.0463. The van der Waals surface area contributed by atoms with Gasteiger partial charge in [-0.2, -0.15) is 5.10 Å². The number of anilines is 1. The van der Waals surface area contributed by atoms with Gasteiger partial charge in [0.25, 0.3) is 5.56 Å². The number of benzene rings is 1. The molecule has 0 unspecified atom stereocenters. The van der Waals surface area contributed by atoms with E-state index in [-0.39, 0.29) is 17.9 Å². The number of aromatic amines is 1. The molecule has 0 aliphatic carbocycles. The fraction of sp³-hybridized carbons (Fsp3) is 0.300. The van der Waals surface area contributed by atoms with Crippen molar-refractivity contribution in [3.8, 4) is 5.69 Å². The summed E-state index contributed by atoms with van der Waals surface area (Å²) in [6.07, 6.45) is 0.713. The van der Waals surface area contributed by atoms with Crippen LogP contribution in [0.4, 0.5) is 5.82 Å². The summed E-state index contributed by atoms with van der Waals surface area (Å²) in [5.74, 6) is 0.876. The molecule has 7 nitrogen and oxygen atoms in total. The Bertz CT molecular complexity index is 1030. The lowest BCUT2D eigenvalue weighted by Gasteiger charge is -2.11. The Labute approximate surface area is 157 Å². The van der Waals surface area contributed by atoms with Gasteiger partial charge in [0.05, 0.1) is 17.8 Å². The Kier molecular flexibility index (Phi) is 5.21.